The Hall–Kier alpha value is -3.04. The van der Waals surface area contributed by atoms with Crippen LogP contribution in [-0.4, -0.2) is 16.0 Å². The fraction of sp³-hybridized carbons (Fsp3) is 0.259. The molecule has 30 heavy (non-hydrogen) atoms. The molecule has 0 saturated carbocycles. The fourth-order valence-electron chi connectivity index (χ4n) is 3.82. The van der Waals surface area contributed by atoms with Gasteiger partial charge in [0.05, 0.1) is 0 Å². The van der Waals surface area contributed by atoms with E-state index in [4.69, 9.17) is 0 Å². The molecule has 0 aliphatic heterocycles. The van der Waals surface area contributed by atoms with Gasteiger partial charge in [-0.3, -0.25) is 9.97 Å². The van der Waals surface area contributed by atoms with E-state index in [1.807, 2.05) is 24.8 Å². The van der Waals surface area contributed by atoms with Gasteiger partial charge < -0.3 is 5.32 Å². The molecule has 0 radical (unpaired) electrons. The van der Waals surface area contributed by atoms with E-state index in [1.165, 1.54) is 52.3 Å². The van der Waals surface area contributed by atoms with Crippen molar-refractivity contribution in [2.24, 2.45) is 0 Å². The zero-order chi connectivity index (χ0) is 20.6. The van der Waals surface area contributed by atoms with E-state index in [0.29, 0.717) is 6.04 Å². The standard InChI is InChI=1S/C27H29N3/c1-21(30-19-23-8-11-27-20-29-17-14-26(27)18-23)4-2-3-5-22-6-9-24(10-7-22)25-12-15-28-16-13-25/h6-18,20-21,30H,2-5,19H2,1H3/t21-/m1/s1. The lowest BCUT2D eigenvalue weighted by molar-refractivity contribution is 0.489. The molecule has 2 heterocycles. The molecular weight excluding hydrogens is 366 g/mol. The van der Waals surface area contributed by atoms with Crippen molar-refractivity contribution >= 4 is 10.8 Å². The van der Waals surface area contributed by atoms with Crippen molar-refractivity contribution in [1.82, 2.24) is 15.3 Å². The summed E-state index contributed by atoms with van der Waals surface area (Å²) < 4.78 is 0. The second kappa shape index (κ2) is 10.1. The van der Waals surface area contributed by atoms with Gasteiger partial charge in [-0.05, 0) is 78.1 Å². The maximum Gasteiger partial charge on any atom is 0.0346 e. The lowest BCUT2D eigenvalue weighted by atomic mass is 10.0. The number of fused-ring (bicyclic) bond motifs is 1. The van der Waals surface area contributed by atoms with Gasteiger partial charge in [0.1, 0.15) is 0 Å². The molecule has 0 aliphatic carbocycles. The third-order valence-corrected chi connectivity index (χ3v) is 5.68. The molecule has 0 amide bonds. The minimum Gasteiger partial charge on any atom is -0.310 e. The van der Waals surface area contributed by atoms with Crippen LogP contribution in [0.5, 0.6) is 0 Å². The highest BCUT2D eigenvalue weighted by Gasteiger charge is 2.04. The van der Waals surface area contributed by atoms with Crippen LogP contribution in [-0.2, 0) is 13.0 Å². The number of rotatable bonds is 9. The van der Waals surface area contributed by atoms with E-state index in [-0.39, 0.29) is 0 Å². The number of pyridine rings is 2. The quantitative estimate of drug-likeness (QED) is 0.343. The molecule has 0 spiro atoms. The zero-order valence-electron chi connectivity index (χ0n) is 17.6. The van der Waals surface area contributed by atoms with Gasteiger partial charge in [-0.2, -0.15) is 0 Å². The molecule has 0 saturated heterocycles. The van der Waals surface area contributed by atoms with Gasteiger partial charge in [-0.25, -0.2) is 0 Å². The SMILES string of the molecule is C[C@H](CCCCc1ccc(-c2ccncc2)cc1)NCc1ccc2cnccc2c1. The Balaban J connectivity index is 1.18. The van der Waals surface area contributed by atoms with E-state index in [1.54, 1.807) is 0 Å². The first kappa shape index (κ1) is 20.2. The summed E-state index contributed by atoms with van der Waals surface area (Å²) >= 11 is 0. The topological polar surface area (TPSA) is 37.8 Å². The number of benzene rings is 2. The van der Waals surface area contributed by atoms with Crippen molar-refractivity contribution in [3.05, 3.63) is 96.6 Å². The summed E-state index contributed by atoms with van der Waals surface area (Å²) in [6.45, 7) is 3.20. The minimum atomic E-state index is 0.521. The van der Waals surface area contributed by atoms with Gasteiger partial charge in [0.25, 0.3) is 0 Å². The highest BCUT2D eigenvalue weighted by molar-refractivity contribution is 5.81. The summed E-state index contributed by atoms with van der Waals surface area (Å²) in [4.78, 5) is 8.27. The first-order valence-electron chi connectivity index (χ1n) is 10.8. The Kier molecular flexibility index (Phi) is 6.83. The van der Waals surface area contributed by atoms with Crippen LogP contribution in [0.1, 0.15) is 37.3 Å². The molecule has 2 aromatic carbocycles. The molecule has 3 heteroatoms. The van der Waals surface area contributed by atoms with E-state index in [9.17, 15) is 0 Å². The predicted octanol–water partition coefficient (Wildman–Crippen LogP) is 6.19. The van der Waals surface area contributed by atoms with Crippen molar-refractivity contribution in [1.29, 1.82) is 0 Å². The number of hydrogen-bond donors (Lipinski definition) is 1. The molecule has 0 fully saturated rings. The molecule has 0 aliphatic rings. The van der Waals surface area contributed by atoms with Crippen LogP contribution in [0.3, 0.4) is 0 Å². The van der Waals surface area contributed by atoms with Crippen LogP contribution in [0.15, 0.2) is 85.5 Å². The normalized spacial score (nSPS) is 12.2. The Morgan fingerprint density at radius 1 is 0.733 bits per heavy atom. The number of unbranched alkanes of at least 4 members (excludes halogenated alkanes) is 1. The van der Waals surface area contributed by atoms with E-state index in [2.05, 4.69) is 82.9 Å². The molecule has 2 aromatic heterocycles. The van der Waals surface area contributed by atoms with E-state index >= 15 is 0 Å². The van der Waals surface area contributed by atoms with Crippen molar-refractivity contribution in [2.75, 3.05) is 0 Å². The predicted molar refractivity (Wildman–Crippen MR) is 125 cm³/mol. The number of hydrogen-bond acceptors (Lipinski definition) is 3. The fourth-order valence-corrected chi connectivity index (χ4v) is 3.82. The Bertz CT molecular complexity index is 1060. The lowest BCUT2D eigenvalue weighted by Gasteiger charge is -2.14. The molecule has 1 N–H and O–H groups in total. The number of aromatic nitrogens is 2. The number of nitrogens with one attached hydrogen (secondary N) is 1. The van der Waals surface area contributed by atoms with Crippen LogP contribution in [0.4, 0.5) is 0 Å². The molecule has 4 rings (SSSR count). The van der Waals surface area contributed by atoms with Crippen molar-refractivity contribution in [3.63, 3.8) is 0 Å². The smallest absolute Gasteiger partial charge is 0.0346 e. The first-order valence-corrected chi connectivity index (χ1v) is 10.8. The van der Waals surface area contributed by atoms with Crippen LogP contribution < -0.4 is 5.32 Å². The highest BCUT2D eigenvalue weighted by atomic mass is 14.9. The summed E-state index contributed by atoms with van der Waals surface area (Å²) in [5, 5.41) is 6.12. The van der Waals surface area contributed by atoms with Crippen molar-refractivity contribution < 1.29 is 0 Å². The second-order valence-corrected chi connectivity index (χ2v) is 8.02. The molecule has 3 nitrogen and oxygen atoms in total. The van der Waals surface area contributed by atoms with Gasteiger partial charge >= 0.3 is 0 Å². The molecule has 4 aromatic rings. The second-order valence-electron chi connectivity index (χ2n) is 8.02. The summed E-state index contributed by atoms with van der Waals surface area (Å²) in [6, 6.07) is 22.3. The van der Waals surface area contributed by atoms with Gasteiger partial charge in [-0.1, -0.05) is 42.8 Å². The zero-order valence-corrected chi connectivity index (χ0v) is 17.6. The summed E-state index contributed by atoms with van der Waals surface area (Å²) in [7, 11) is 0. The van der Waals surface area contributed by atoms with Crippen LogP contribution in [0, 0.1) is 0 Å². The Labute approximate surface area is 179 Å². The minimum absolute atomic E-state index is 0.521. The first-order chi connectivity index (χ1) is 14.8. The molecule has 0 bridgehead atoms. The maximum atomic E-state index is 4.18. The largest absolute Gasteiger partial charge is 0.310 e. The van der Waals surface area contributed by atoms with Crippen LogP contribution in [0.25, 0.3) is 21.9 Å². The molecule has 0 unspecified atom stereocenters. The molecular formula is C27H29N3. The number of aryl methyl sites for hydroxylation is 1. The molecule has 1 atom stereocenters. The Morgan fingerprint density at radius 2 is 1.47 bits per heavy atom. The van der Waals surface area contributed by atoms with Gasteiger partial charge in [0.15, 0.2) is 0 Å². The van der Waals surface area contributed by atoms with Crippen molar-refractivity contribution in [3.8, 4) is 11.1 Å². The average molecular weight is 396 g/mol. The van der Waals surface area contributed by atoms with E-state index in [0.717, 1.165) is 13.0 Å². The Morgan fingerprint density at radius 3 is 2.30 bits per heavy atom. The van der Waals surface area contributed by atoms with Gasteiger partial charge in [-0.15, -0.1) is 0 Å². The highest BCUT2D eigenvalue weighted by Crippen LogP contribution is 2.20. The molecule has 152 valence electrons. The van der Waals surface area contributed by atoms with Crippen LogP contribution >= 0.6 is 0 Å². The third-order valence-electron chi connectivity index (χ3n) is 5.68. The summed E-state index contributed by atoms with van der Waals surface area (Å²) in [5.74, 6) is 0. The van der Waals surface area contributed by atoms with E-state index < -0.39 is 0 Å². The van der Waals surface area contributed by atoms with Crippen molar-refractivity contribution in [2.45, 2.75) is 45.2 Å². The summed E-state index contributed by atoms with van der Waals surface area (Å²) in [6.07, 6.45) is 12.3. The lowest BCUT2D eigenvalue weighted by Crippen LogP contribution is -2.25. The summed E-state index contributed by atoms with van der Waals surface area (Å²) in [5.41, 5.74) is 5.22. The maximum absolute atomic E-state index is 4.18. The van der Waals surface area contributed by atoms with Crippen LogP contribution in [0.2, 0.25) is 0 Å². The third kappa shape index (κ3) is 5.52. The number of nitrogens with zero attached hydrogens (tertiary/aromatic N) is 2. The average Bonchev–Trinajstić information content (AvgIpc) is 2.81. The monoisotopic (exact) mass is 395 g/mol. The van der Waals surface area contributed by atoms with Gasteiger partial charge in [0, 0.05) is 42.8 Å². The van der Waals surface area contributed by atoms with Gasteiger partial charge in [0.2, 0.25) is 0 Å².